The van der Waals surface area contributed by atoms with Gasteiger partial charge in [0.25, 0.3) is 5.91 Å². The van der Waals surface area contributed by atoms with Crippen molar-refractivity contribution in [3.63, 3.8) is 0 Å². The summed E-state index contributed by atoms with van der Waals surface area (Å²) in [5.41, 5.74) is 2.53. The van der Waals surface area contributed by atoms with Crippen LogP contribution in [0, 0.1) is 0 Å². The Hall–Kier alpha value is -3.74. The third kappa shape index (κ3) is 5.38. The van der Waals surface area contributed by atoms with Crippen molar-refractivity contribution in [2.75, 3.05) is 23.8 Å². The highest BCUT2D eigenvalue weighted by Gasteiger charge is 2.20. The number of hydrogen-bond donors (Lipinski definition) is 1. The number of hydrogen-bond acceptors (Lipinski definition) is 6. The highest BCUT2D eigenvalue weighted by molar-refractivity contribution is 5.98. The number of aromatic nitrogens is 2. The number of carbonyl (C=O) groups is 2. The first-order valence-corrected chi connectivity index (χ1v) is 9.17. The molecule has 0 spiro atoms. The van der Waals surface area contributed by atoms with Crippen LogP contribution in [0.3, 0.4) is 0 Å². The molecule has 1 aromatic heterocycles. The Kier molecular flexibility index (Phi) is 6.52. The van der Waals surface area contributed by atoms with Gasteiger partial charge in [-0.1, -0.05) is 48.5 Å². The Labute approximate surface area is 169 Å². The smallest absolute Gasteiger partial charge is 0.326 e. The minimum Gasteiger partial charge on any atom is -0.451 e. The third-order valence-corrected chi connectivity index (χ3v) is 4.21. The number of anilines is 2. The van der Waals surface area contributed by atoms with E-state index in [9.17, 15) is 9.59 Å². The van der Waals surface area contributed by atoms with Gasteiger partial charge in [-0.05, 0) is 24.6 Å². The molecule has 29 heavy (non-hydrogen) atoms. The normalized spacial score (nSPS) is 11.4. The maximum absolute atomic E-state index is 12.6. The molecule has 3 aromatic rings. The molecule has 1 atom stereocenters. The van der Waals surface area contributed by atoms with Gasteiger partial charge in [-0.3, -0.25) is 9.59 Å². The number of amides is 1. The molecule has 0 saturated carbocycles. The zero-order valence-corrected chi connectivity index (χ0v) is 16.3. The number of rotatable bonds is 7. The third-order valence-electron chi connectivity index (χ3n) is 4.21. The molecular weight excluding hydrogens is 368 g/mol. The lowest BCUT2D eigenvalue weighted by Gasteiger charge is -2.19. The number of esters is 1. The van der Waals surface area contributed by atoms with E-state index >= 15 is 0 Å². The highest BCUT2D eigenvalue weighted by atomic mass is 16.5. The van der Waals surface area contributed by atoms with E-state index in [1.807, 2.05) is 54.6 Å². The molecule has 1 N–H and O–H groups in total. The molecule has 1 heterocycles. The Morgan fingerprint density at radius 1 is 1.00 bits per heavy atom. The van der Waals surface area contributed by atoms with E-state index in [0.717, 1.165) is 11.1 Å². The fourth-order valence-corrected chi connectivity index (χ4v) is 2.74. The summed E-state index contributed by atoms with van der Waals surface area (Å²) in [5, 5.41) is 2.84. The van der Waals surface area contributed by atoms with Gasteiger partial charge in [0, 0.05) is 30.7 Å². The van der Waals surface area contributed by atoms with Gasteiger partial charge in [0.05, 0.1) is 0 Å². The van der Waals surface area contributed by atoms with Crippen LogP contribution in [0.1, 0.15) is 6.92 Å². The van der Waals surface area contributed by atoms with E-state index in [0.29, 0.717) is 11.6 Å². The van der Waals surface area contributed by atoms with Gasteiger partial charge in [0.2, 0.25) is 5.95 Å². The minimum absolute atomic E-state index is 0.0672. The molecule has 7 nitrogen and oxygen atoms in total. The first-order chi connectivity index (χ1) is 14.0. The summed E-state index contributed by atoms with van der Waals surface area (Å²) in [6.45, 7) is 1.47. The second kappa shape index (κ2) is 9.45. The lowest BCUT2D eigenvalue weighted by molar-refractivity contribution is -0.151. The van der Waals surface area contributed by atoms with Gasteiger partial charge < -0.3 is 15.0 Å². The van der Waals surface area contributed by atoms with Crippen molar-refractivity contribution in [2.45, 2.75) is 13.0 Å². The number of carbonyl (C=O) groups excluding carboxylic acids is 2. The molecule has 148 valence electrons. The van der Waals surface area contributed by atoms with Gasteiger partial charge in [-0.25, -0.2) is 9.97 Å². The Bertz CT molecular complexity index is 964. The molecule has 0 aliphatic rings. The first-order valence-electron chi connectivity index (χ1n) is 9.17. The maximum Gasteiger partial charge on any atom is 0.326 e. The van der Waals surface area contributed by atoms with Crippen molar-refractivity contribution in [3.8, 4) is 11.1 Å². The standard InChI is InChI=1S/C22H22N4O3/c1-16(29-20(27)15-26(2)22-23-13-8-14-24-22)21(28)25-19-12-7-6-11-18(19)17-9-4-3-5-10-17/h3-14,16H,15H2,1-2H3,(H,25,28)/t16-/m0/s1. The van der Waals surface area contributed by atoms with Crippen molar-refractivity contribution in [1.29, 1.82) is 0 Å². The van der Waals surface area contributed by atoms with Crippen molar-refractivity contribution >= 4 is 23.5 Å². The number of nitrogens with zero attached hydrogens (tertiary/aromatic N) is 3. The highest BCUT2D eigenvalue weighted by Crippen LogP contribution is 2.27. The summed E-state index contributed by atoms with van der Waals surface area (Å²) in [6.07, 6.45) is 2.23. The van der Waals surface area contributed by atoms with Crippen LogP contribution in [-0.2, 0) is 14.3 Å². The van der Waals surface area contributed by atoms with Crippen molar-refractivity contribution in [2.24, 2.45) is 0 Å². The zero-order chi connectivity index (χ0) is 20.6. The van der Waals surface area contributed by atoms with E-state index < -0.39 is 18.0 Å². The lowest BCUT2D eigenvalue weighted by Crippen LogP contribution is -2.35. The van der Waals surface area contributed by atoms with Crippen molar-refractivity contribution < 1.29 is 14.3 Å². The second-order valence-corrected chi connectivity index (χ2v) is 6.44. The van der Waals surface area contributed by atoms with E-state index in [-0.39, 0.29) is 6.54 Å². The van der Waals surface area contributed by atoms with Crippen LogP contribution >= 0.6 is 0 Å². The predicted octanol–water partition coefficient (Wildman–Crippen LogP) is 3.15. The molecule has 0 aliphatic heterocycles. The minimum atomic E-state index is -0.948. The number of benzene rings is 2. The summed E-state index contributed by atoms with van der Waals surface area (Å²) in [7, 11) is 1.68. The molecule has 0 radical (unpaired) electrons. The maximum atomic E-state index is 12.6. The van der Waals surface area contributed by atoms with Gasteiger partial charge in [-0.15, -0.1) is 0 Å². The predicted molar refractivity (Wildman–Crippen MR) is 111 cm³/mol. The summed E-state index contributed by atoms with van der Waals surface area (Å²) < 4.78 is 5.27. The Balaban J connectivity index is 1.61. The molecule has 2 aromatic carbocycles. The van der Waals surface area contributed by atoms with E-state index in [4.69, 9.17) is 4.74 Å². The van der Waals surface area contributed by atoms with Gasteiger partial charge >= 0.3 is 5.97 Å². The molecule has 0 bridgehead atoms. The monoisotopic (exact) mass is 390 g/mol. The molecule has 0 unspecified atom stereocenters. The molecule has 1 amide bonds. The topological polar surface area (TPSA) is 84.4 Å². The summed E-state index contributed by atoms with van der Waals surface area (Å²) in [4.78, 5) is 34.4. The molecule has 7 heteroatoms. The average molecular weight is 390 g/mol. The fourth-order valence-electron chi connectivity index (χ4n) is 2.74. The Morgan fingerprint density at radius 3 is 2.38 bits per heavy atom. The number of ether oxygens (including phenoxy) is 1. The van der Waals surface area contributed by atoms with Crippen molar-refractivity contribution in [1.82, 2.24) is 9.97 Å². The molecule has 0 aliphatic carbocycles. The van der Waals surface area contributed by atoms with Crippen LogP contribution in [0.5, 0.6) is 0 Å². The van der Waals surface area contributed by atoms with E-state index in [1.54, 1.807) is 30.4 Å². The van der Waals surface area contributed by atoms with Gasteiger partial charge in [0.1, 0.15) is 6.54 Å². The number of nitrogens with one attached hydrogen (secondary N) is 1. The van der Waals surface area contributed by atoms with E-state index in [1.165, 1.54) is 6.92 Å². The largest absolute Gasteiger partial charge is 0.451 e. The Morgan fingerprint density at radius 2 is 1.66 bits per heavy atom. The van der Waals surface area contributed by atoms with Gasteiger partial charge in [0.15, 0.2) is 6.10 Å². The summed E-state index contributed by atoms with van der Waals surface area (Å²) in [5.74, 6) is -0.544. The molecular formula is C22H22N4O3. The van der Waals surface area contributed by atoms with Crippen LogP contribution in [0.15, 0.2) is 73.1 Å². The fraction of sp³-hybridized carbons (Fsp3) is 0.182. The average Bonchev–Trinajstić information content (AvgIpc) is 2.75. The summed E-state index contributed by atoms with van der Waals surface area (Å²) in [6, 6.07) is 18.9. The van der Waals surface area contributed by atoms with Crippen LogP contribution in [0.25, 0.3) is 11.1 Å². The summed E-state index contributed by atoms with van der Waals surface area (Å²) >= 11 is 0. The van der Waals surface area contributed by atoms with Crippen LogP contribution in [-0.4, -0.2) is 41.5 Å². The van der Waals surface area contributed by atoms with Crippen molar-refractivity contribution in [3.05, 3.63) is 73.1 Å². The lowest BCUT2D eigenvalue weighted by atomic mass is 10.0. The SMILES string of the molecule is C[C@H](OC(=O)CN(C)c1ncccn1)C(=O)Nc1ccccc1-c1ccccc1. The number of para-hydroxylation sites is 1. The quantitative estimate of drug-likeness (QED) is 0.624. The second-order valence-electron chi connectivity index (χ2n) is 6.44. The molecule has 3 rings (SSSR count). The molecule has 0 fully saturated rings. The van der Waals surface area contributed by atoms with Crippen LogP contribution < -0.4 is 10.2 Å². The zero-order valence-electron chi connectivity index (χ0n) is 16.3. The van der Waals surface area contributed by atoms with E-state index in [2.05, 4.69) is 15.3 Å². The van der Waals surface area contributed by atoms with Crippen LogP contribution in [0.4, 0.5) is 11.6 Å². The molecule has 0 saturated heterocycles. The van der Waals surface area contributed by atoms with Crippen LogP contribution in [0.2, 0.25) is 0 Å². The first kappa shape index (κ1) is 20.0. The van der Waals surface area contributed by atoms with Gasteiger partial charge in [-0.2, -0.15) is 0 Å². The number of likely N-dealkylation sites (N-methyl/N-ethyl adjacent to an activating group) is 1.